The van der Waals surface area contributed by atoms with Crippen LogP contribution < -0.4 is 10.4 Å². The molecule has 1 saturated heterocycles. The Morgan fingerprint density at radius 2 is 2.14 bits per heavy atom. The minimum atomic E-state index is -0.333. The van der Waals surface area contributed by atoms with E-state index in [2.05, 4.69) is 4.90 Å². The molecule has 6 heteroatoms. The van der Waals surface area contributed by atoms with Gasteiger partial charge >= 0.3 is 5.63 Å². The highest BCUT2D eigenvalue weighted by molar-refractivity contribution is 8.22. The van der Waals surface area contributed by atoms with Crippen LogP contribution in [0.3, 0.4) is 0 Å². The molecule has 0 aliphatic carbocycles. The van der Waals surface area contributed by atoms with E-state index in [1.54, 1.807) is 37.1 Å². The van der Waals surface area contributed by atoms with Gasteiger partial charge in [-0.25, -0.2) is 4.79 Å². The average Bonchev–Trinajstić information content (AvgIpc) is 3.06. The third-order valence-electron chi connectivity index (χ3n) is 3.75. The normalized spacial score (nSPS) is 14.5. The summed E-state index contributed by atoms with van der Waals surface area (Å²) in [6.45, 7) is 2.08. The van der Waals surface area contributed by atoms with Crippen molar-refractivity contribution in [1.82, 2.24) is 4.90 Å². The van der Waals surface area contributed by atoms with Crippen molar-refractivity contribution in [2.75, 3.05) is 20.2 Å². The lowest BCUT2D eigenvalue weighted by atomic mass is 10.1. The van der Waals surface area contributed by atoms with Gasteiger partial charge in [-0.15, -0.1) is 0 Å². The van der Waals surface area contributed by atoms with E-state index in [4.69, 9.17) is 21.4 Å². The number of hydrogen-bond donors (Lipinski definition) is 0. The molecule has 4 nitrogen and oxygen atoms in total. The number of likely N-dealkylation sites (tertiary alicyclic amines) is 1. The number of fused-ring (bicyclic) bond motifs is 1. The fraction of sp³-hybridized carbons (Fsp3) is 0.375. The Bertz CT molecular complexity index is 751. The maximum atomic E-state index is 11.7. The molecule has 1 fully saturated rings. The van der Waals surface area contributed by atoms with Gasteiger partial charge in [-0.3, -0.25) is 0 Å². The molecule has 116 valence electrons. The Kier molecular flexibility index (Phi) is 4.69. The summed E-state index contributed by atoms with van der Waals surface area (Å²) in [5, 5.41) is 0.899. The predicted octanol–water partition coefficient (Wildman–Crippen LogP) is 3.42. The molecular weight excluding hydrogens is 318 g/mol. The molecule has 1 aliphatic rings. The lowest BCUT2D eigenvalue weighted by molar-refractivity contribution is 0.415. The molecule has 2 heterocycles. The van der Waals surface area contributed by atoms with E-state index in [9.17, 15) is 4.79 Å². The largest absolute Gasteiger partial charge is 0.497 e. The highest BCUT2D eigenvalue weighted by Crippen LogP contribution is 2.27. The van der Waals surface area contributed by atoms with E-state index in [1.165, 1.54) is 12.8 Å². The smallest absolute Gasteiger partial charge is 0.336 e. The van der Waals surface area contributed by atoms with Gasteiger partial charge in [0.1, 0.15) is 15.7 Å². The molecule has 0 unspecified atom stereocenters. The highest BCUT2D eigenvalue weighted by atomic mass is 32.2. The van der Waals surface area contributed by atoms with Crippen molar-refractivity contribution in [3.63, 3.8) is 0 Å². The van der Waals surface area contributed by atoms with E-state index < -0.39 is 0 Å². The zero-order chi connectivity index (χ0) is 15.5. The molecule has 0 atom stereocenters. The first-order valence-electron chi connectivity index (χ1n) is 7.20. The standard InChI is InChI=1S/C16H17NO3S2/c1-19-12-4-5-14-13(9-12)11(8-15(18)20-14)10-22-16(21)17-6-2-3-7-17/h4-5,8-9H,2-3,6-7,10H2,1H3. The van der Waals surface area contributed by atoms with Crippen molar-refractivity contribution >= 4 is 39.3 Å². The SMILES string of the molecule is COc1ccc2oc(=O)cc(CSC(=S)N3CCCC3)c2c1. The van der Waals surface area contributed by atoms with Crippen LogP contribution in [0.25, 0.3) is 11.0 Å². The average molecular weight is 335 g/mol. The molecule has 2 aromatic rings. The summed E-state index contributed by atoms with van der Waals surface area (Å²) >= 11 is 7.08. The number of ether oxygens (including phenoxy) is 1. The number of nitrogens with zero attached hydrogens (tertiary/aromatic N) is 1. The molecule has 1 aromatic carbocycles. The van der Waals surface area contributed by atoms with Crippen molar-refractivity contribution in [1.29, 1.82) is 0 Å². The van der Waals surface area contributed by atoms with Gasteiger partial charge in [0.15, 0.2) is 0 Å². The second-order valence-corrected chi connectivity index (χ2v) is 6.81. The molecule has 0 bridgehead atoms. The van der Waals surface area contributed by atoms with Crippen molar-refractivity contribution in [2.45, 2.75) is 18.6 Å². The molecule has 0 radical (unpaired) electrons. The van der Waals surface area contributed by atoms with Crippen LogP contribution in [0.5, 0.6) is 5.75 Å². The Labute approximate surface area is 138 Å². The lowest BCUT2D eigenvalue weighted by Crippen LogP contribution is -2.23. The van der Waals surface area contributed by atoms with Crippen LogP contribution in [0, 0.1) is 0 Å². The van der Waals surface area contributed by atoms with Crippen LogP contribution in [0.2, 0.25) is 0 Å². The maximum Gasteiger partial charge on any atom is 0.336 e. The zero-order valence-electron chi connectivity index (χ0n) is 12.3. The fourth-order valence-corrected chi connectivity index (χ4v) is 3.83. The first kappa shape index (κ1) is 15.4. The minimum Gasteiger partial charge on any atom is -0.497 e. The van der Waals surface area contributed by atoms with Gasteiger partial charge in [-0.1, -0.05) is 24.0 Å². The number of hydrogen-bond acceptors (Lipinski definition) is 5. The van der Waals surface area contributed by atoms with E-state index in [0.29, 0.717) is 11.3 Å². The first-order valence-corrected chi connectivity index (χ1v) is 8.59. The van der Waals surface area contributed by atoms with Crippen molar-refractivity contribution in [3.05, 3.63) is 40.2 Å². The summed E-state index contributed by atoms with van der Waals surface area (Å²) in [6, 6.07) is 6.99. The van der Waals surface area contributed by atoms with Crippen LogP contribution in [-0.4, -0.2) is 29.4 Å². The van der Waals surface area contributed by atoms with Crippen LogP contribution in [0.15, 0.2) is 33.5 Å². The van der Waals surface area contributed by atoms with Crippen LogP contribution >= 0.6 is 24.0 Å². The lowest BCUT2D eigenvalue weighted by Gasteiger charge is -2.17. The summed E-state index contributed by atoms with van der Waals surface area (Å²) in [6.07, 6.45) is 2.41. The molecule has 0 N–H and O–H groups in total. The quantitative estimate of drug-likeness (QED) is 0.632. The number of benzene rings is 1. The van der Waals surface area contributed by atoms with E-state index in [-0.39, 0.29) is 5.63 Å². The summed E-state index contributed by atoms with van der Waals surface area (Å²) in [7, 11) is 1.62. The van der Waals surface area contributed by atoms with Crippen molar-refractivity contribution in [2.24, 2.45) is 0 Å². The second kappa shape index (κ2) is 6.71. The molecular formula is C16H17NO3S2. The van der Waals surface area contributed by atoms with Crippen molar-refractivity contribution < 1.29 is 9.15 Å². The van der Waals surface area contributed by atoms with E-state index in [1.807, 2.05) is 6.07 Å². The van der Waals surface area contributed by atoms with Gasteiger partial charge in [0.2, 0.25) is 0 Å². The predicted molar refractivity (Wildman–Crippen MR) is 93.7 cm³/mol. The highest BCUT2D eigenvalue weighted by Gasteiger charge is 2.16. The van der Waals surface area contributed by atoms with Gasteiger partial charge in [-0.2, -0.15) is 0 Å². The summed E-state index contributed by atoms with van der Waals surface area (Å²) in [5.41, 5.74) is 1.17. The van der Waals surface area contributed by atoms with Gasteiger partial charge < -0.3 is 14.1 Å². The number of rotatable bonds is 3. The fourth-order valence-electron chi connectivity index (χ4n) is 2.58. The molecule has 0 saturated carbocycles. The molecule has 0 spiro atoms. The molecule has 1 aliphatic heterocycles. The monoisotopic (exact) mass is 335 g/mol. The Morgan fingerprint density at radius 3 is 2.86 bits per heavy atom. The molecule has 1 aromatic heterocycles. The number of thiocarbonyl (C=S) groups is 1. The number of methoxy groups -OCH3 is 1. The van der Waals surface area contributed by atoms with E-state index in [0.717, 1.165) is 34.1 Å². The second-order valence-electron chi connectivity index (χ2n) is 5.20. The van der Waals surface area contributed by atoms with E-state index >= 15 is 0 Å². The van der Waals surface area contributed by atoms with Crippen LogP contribution in [0.4, 0.5) is 0 Å². The Balaban J connectivity index is 1.85. The maximum absolute atomic E-state index is 11.7. The summed E-state index contributed by atoms with van der Waals surface area (Å²) in [4.78, 5) is 13.9. The molecule has 3 rings (SSSR count). The third-order valence-corrected chi connectivity index (χ3v) is 5.32. The van der Waals surface area contributed by atoms with Crippen LogP contribution in [-0.2, 0) is 5.75 Å². The van der Waals surface area contributed by atoms with Crippen LogP contribution in [0.1, 0.15) is 18.4 Å². The Morgan fingerprint density at radius 1 is 1.36 bits per heavy atom. The summed E-state index contributed by atoms with van der Waals surface area (Å²) < 4.78 is 11.4. The minimum absolute atomic E-state index is 0.333. The van der Waals surface area contributed by atoms with Gasteiger partial charge in [0.25, 0.3) is 0 Å². The van der Waals surface area contributed by atoms with Crippen molar-refractivity contribution in [3.8, 4) is 5.75 Å². The summed E-state index contributed by atoms with van der Waals surface area (Å²) in [5.74, 6) is 1.40. The molecule has 22 heavy (non-hydrogen) atoms. The molecule has 0 amide bonds. The van der Waals surface area contributed by atoms with Gasteiger partial charge in [0.05, 0.1) is 7.11 Å². The topological polar surface area (TPSA) is 42.7 Å². The Hall–Kier alpha value is -1.53. The number of thioether (sulfide) groups is 1. The third kappa shape index (κ3) is 3.28. The van der Waals surface area contributed by atoms with Gasteiger partial charge in [-0.05, 0) is 36.6 Å². The zero-order valence-corrected chi connectivity index (χ0v) is 14.0. The van der Waals surface area contributed by atoms with Gasteiger partial charge in [0, 0.05) is 30.3 Å². The first-order chi connectivity index (χ1) is 10.7.